The fourth-order valence-corrected chi connectivity index (χ4v) is 4.00. The van der Waals surface area contributed by atoms with Crippen molar-refractivity contribution in [3.8, 4) is 0 Å². The number of hydrogen-bond acceptors (Lipinski definition) is 5. The Labute approximate surface area is 168 Å². The number of nitrogens with one attached hydrogen (secondary N) is 3. The molecule has 2 aromatic rings. The van der Waals surface area contributed by atoms with E-state index in [0.717, 1.165) is 6.26 Å². The molecule has 0 aliphatic rings. The second-order valence-electron chi connectivity index (χ2n) is 5.83. The average Bonchev–Trinajstić information content (AvgIpc) is 2.63. The summed E-state index contributed by atoms with van der Waals surface area (Å²) in [7, 11) is -3.58. The second-order valence-corrected chi connectivity index (χ2v) is 8.19. The van der Waals surface area contributed by atoms with Crippen LogP contribution in [0.3, 0.4) is 0 Å². The highest BCUT2D eigenvalue weighted by atomic mass is 35.5. The first-order valence-electron chi connectivity index (χ1n) is 8.24. The Balaban J connectivity index is 2.12. The van der Waals surface area contributed by atoms with Crippen molar-refractivity contribution < 1.29 is 18.0 Å². The fourth-order valence-electron chi connectivity index (χ4n) is 2.45. The van der Waals surface area contributed by atoms with Crippen LogP contribution in [0.25, 0.3) is 0 Å². The zero-order valence-electron chi connectivity index (χ0n) is 15.2. The van der Waals surface area contributed by atoms with Gasteiger partial charge in [0.1, 0.15) is 4.90 Å². The summed E-state index contributed by atoms with van der Waals surface area (Å²) in [6.45, 7) is 3.62. The fraction of sp³-hybridized carbons (Fsp3) is 0.158. The summed E-state index contributed by atoms with van der Waals surface area (Å²) in [6, 6.07) is 11.1. The molecule has 7 nitrogen and oxygen atoms in total. The molecule has 0 fully saturated rings. The van der Waals surface area contributed by atoms with E-state index in [4.69, 9.17) is 11.6 Å². The van der Waals surface area contributed by atoms with E-state index in [9.17, 15) is 18.0 Å². The van der Waals surface area contributed by atoms with Crippen LogP contribution in [0, 0.1) is 0 Å². The van der Waals surface area contributed by atoms with Crippen LogP contribution in [0.1, 0.15) is 10.4 Å². The number of para-hydroxylation sites is 1. The van der Waals surface area contributed by atoms with Crippen molar-refractivity contribution in [1.82, 2.24) is 5.32 Å². The van der Waals surface area contributed by atoms with Crippen LogP contribution in [0.15, 0.2) is 60.0 Å². The van der Waals surface area contributed by atoms with Crippen molar-refractivity contribution in [2.24, 2.45) is 0 Å². The summed E-state index contributed by atoms with van der Waals surface area (Å²) in [5, 5.41) is 8.13. The van der Waals surface area contributed by atoms with Crippen molar-refractivity contribution in [2.75, 3.05) is 30.0 Å². The van der Waals surface area contributed by atoms with Crippen molar-refractivity contribution in [3.05, 3.63) is 65.7 Å². The number of rotatable bonds is 8. The summed E-state index contributed by atoms with van der Waals surface area (Å²) >= 11 is 5.99. The van der Waals surface area contributed by atoms with Gasteiger partial charge >= 0.3 is 0 Å². The molecule has 0 bridgehead atoms. The SMILES string of the molecule is C=CCNC(=O)c1ccccc1NC(=O)CNc1cccc(Cl)c1S(C)(=O)=O. The van der Waals surface area contributed by atoms with Gasteiger partial charge in [-0.25, -0.2) is 8.42 Å². The van der Waals surface area contributed by atoms with Crippen LogP contribution in [-0.4, -0.2) is 39.6 Å². The van der Waals surface area contributed by atoms with Gasteiger partial charge in [-0.15, -0.1) is 6.58 Å². The Morgan fingerprint density at radius 2 is 1.79 bits per heavy atom. The molecule has 148 valence electrons. The van der Waals surface area contributed by atoms with Gasteiger partial charge in [0.15, 0.2) is 9.84 Å². The van der Waals surface area contributed by atoms with Gasteiger partial charge in [0.25, 0.3) is 5.91 Å². The highest BCUT2D eigenvalue weighted by molar-refractivity contribution is 7.91. The van der Waals surface area contributed by atoms with Crippen molar-refractivity contribution in [1.29, 1.82) is 0 Å². The van der Waals surface area contributed by atoms with E-state index in [-0.39, 0.29) is 28.1 Å². The number of benzene rings is 2. The predicted molar refractivity (Wildman–Crippen MR) is 111 cm³/mol. The first-order valence-corrected chi connectivity index (χ1v) is 10.5. The Kier molecular flexibility index (Phi) is 7.19. The lowest BCUT2D eigenvalue weighted by molar-refractivity contribution is -0.114. The topological polar surface area (TPSA) is 104 Å². The molecule has 2 aromatic carbocycles. The molecule has 0 aliphatic carbocycles. The highest BCUT2D eigenvalue weighted by Crippen LogP contribution is 2.29. The molecule has 0 unspecified atom stereocenters. The molecule has 0 aromatic heterocycles. The van der Waals surface area contributed by atoms with Crippen LogP contribution >= 0.6 is 11.6 Å². The Bertz CT molecular complexity index is 1010. The summed E-state index contributed by atoms with van der Waals surface area (Å²) in [5.41, 5.74) is 0.865. The van der Waals surface area contributed by atoms with E-state index in [1.54, 1.807) is 36.4 Å². The van der Waals surface area contributed by atoms with Gasteiger partial charge in [0, 0.05) is 12.8 Å². The van der Waals surface area contributed by atoms with Crippen LogP contribution in [0.5, 0.6) is 0 Å². The second kappa shape index (κ2) is 9.38. The third-order valence-corrected chi connectivity index (χ3v) is 5.24. The number of anilines is 2. The van der Waals surface area contributed by atoms with Crippen LogP contribution in [0.4, 0.5) is 11.4 Å². The molecule has 9 heteroatoms. The van der Waals surface area contributed by atoms with E-state index in [1.165, 1.54) is 12.1 Å². The van der Waals surface area contributed by atoms with E-state index >= 15 is 0 Å². The van der Waals surface area contributed by atoms with Gasteiger partial charge in [0.2, 0.25) is 5.91 Å². The van der Waals surface area contributed by atoms with E-state index < -0.39 is 15.7 Å². The van der Waals surface area contributed by atoms with Gasteiger partial charge in [-0.3, -0.25) is 9.59 Å². The minimum absolute atomic E-state index is 0.0668. The highest BCUT2D eigenvalue weighted by Gasteiger charge is 2.18. The maximum Gasteiger partial charge on any atom is 0.253 e. The Morgan fingerprint density at radius 3 is 2.46 bits per heavy atom. The standard InChI is InChI=1S/C19H20ClN3O4S/c1-3-11-21-19(25)13-7-4-5-9-15(13)23-17(24)12-22-16-10-6-8-14(20)18(16)28(2,26)27/h3-10,22H,1,11-12H2,2H3,(H,21,25)(H,23,24). The minimum atomic E-state index is -3.58. The molecule has 0 heterocycles. The number of halogens is 1. The lowest BCUT2D eigenvalue weighted by Crippen LogP contribution is -2.27. The quantitative estimate of drug-likeness (QED) is 0.568. The molecule has 0 radical (unpaired) electrons. The van der Waals surface area contributed by atoms with Crippen molar-refractivity contribution in [3.63, 3.8) is 0 Å². The summed E-state index contributed by atoms with van der Waals surface area (Å²) in [6.07, 6.45) is 2.59. The molecule has 0 aliphatic heterocycles. The van der Waals surface area contributed by atoms with Gasteiger partial charge in [-0.1, -0.05) is 35.9 Å². The summed E-state index contributed by atoms with van der Waals surface area (Å²) in [4.78, 5) is 24.4. The largest absolute Gasteiger partial charge is 0.375 e. The lowest BCUT2D eigenvalue weighted by Gasteiger charge is -2.14. The third-order valence-electron chi connectivity index (χ3n) is 3.63. The monoisotopic (exact) mass is 421 g/mol. The maximum absolute atomic E-state index is 12.3. The molecular weight excluding hydrogens is 402 g/mol. The molecule has 28 heavy (non-hydrogen) atoms. The molecule has 0 atom stereocenters. The number of carbonyl (C=O) groups excluding carboxylic acids is 2. The molecule has 0 saturated heterocycles. The molecule has 2 rings (SSSR count). The first kappa shape index (κ1) is 21.5. The lowest BCUT2D eigenvalue weighted by atomic mass is 10.1. The number of sulfone groups is 1. The normalized spacial score (nSPS) is 10.8. The maximum atomic E-state index is 12.3. The number of amides is 2. The zero-order chi connectivity index (χ0) is 20.7. The van der Waals surface area contributed by atoms with Gasteiger partial charge in [-0.05, 0) is 24.3 Å². The van der Waals surface area contributed by atoms with E-state index in [0.29, 0.717) is 17.8 Å². The molecular formula is C19H20ClN3O4S. The summed E-state index contributed by atoms with van der Waals surface area (Å²) in [5.74, 6) is -0.804. The van der Waals surface area contributed by atoms with Crippen LogP contribution < -0.4 is 16.0 Å². The molecule has 0 saturated carbocycles. The van der Waals surface area contributed by atoms with E-state index in [1.807, 2.05) is 0 Å². The van der Waals surface area contributed by atoms with Crippen LogP contribution in [-0.2, 0) is 14.6 Å². The minimum Gasteiger partial charge on any atom is -0.375 e. The molecule has 2 amide bonds. The van der Waals surface area contributed by atoms with Gasteiger partial charge < -0.3 is 16.0 Å². The predicted octanol–water partition coefficient (Wildman–Crippen LogP) is 2.71. The van der Waals surface area contributed by atoms with Crippen molar-refractivity contribution >= 4 is 44.6 Å². The average molecular weight is 422 g/mol. The van der Waals surface area contributed by atoms with E-state index in [2.05, 4.69) is 22.5 Å². The van der Waals surface area contributed by atoms with Crippen LogP contribution in [0.2, 0.25) is 5.02 Å². The first-order chi connectivity index (χ1) is 13.2. The third kappa shape index (κ3) is 5.58. The zero-order valence-corrected chi connectivity index (χ0v) is 16.7. The smallest absolute Gasteiger partial charge is 0.253 e. The number of carbonyl (C=O) groups is 2. The van der Waals surface area contributed by atoms with Crippen molar-refractivity contribution in [2.45, 2.75) is 4.90 Å². The number of hydrogen-bond donors (Lipinski definition) is 3. The summed E-state index contributed by atoms with van der Waals surface area (Å²) < 4.78 is 23.9. The Hall–Kier alpha value is -2.84. The molecule has 3 N–H and O–H groups in total. The Morgan fingerprint density at radius 1 is 1.11 bits per heavy atom. The van der Waals surface area contributed by atoms with Gasteiger partial charge in [-0.2, -0.15) is 0 Å². The molecule has 0 spiro atoms. The van der Waals surface area contributed by atoms with Gasteiger partial charge in [0.05, 0.1) is 28.5 Å².